The molecule has 1 aliphatic heterocycles. The molecule has 0 aromatic heterocycles. The zero-order valence-corrected chi connectivity index (χ0v) is 9.40. The average Bonchev–Trinajstić information content (AvgIpc) is 2.18. The van der Waals surface area contributed by atoms with Crippen molar-refractivity contribution in [2.24, 2.45) is 5.92 Å². The van der Waals surface area contributed by atoms with Gasteiger partial charge >= 0.3 is 0 Å². The minimum Gasteiger partial charge on any atom is -0.325 e. The van der Waals surface area contributed by atoms with E-state index in [9.17, 15) is 14.9 Å². The molecule has 2 rings (SSSR count). The third-order valence-corrected chi connectivity index (χ3v) is 2.84. The van der Waals surface area contributed by atoms with Crippen LogP contribution in [0.3, 0.4) is 0 Å². The van der Waals surface area contributed by atoms with Crippen molar-refractivity contribution in [3.05, 3.63) is 33.9 Å². The van der Waals surface area contributed by atoms with Gasteiger partial charge in [0.05, 0.1) is 16.5 Å². The second-order valence-corrected chi connectivity index (χ2v) is 4.10. The molecule has 0 radical (unpaired) electrons. The van der Waals surface area contributed by atoms with Crippen molar-refractivity contribution in [2.45, 2.75) is 6.92 Å². The Labute approximate surface area is 98.2 Å². The van der Waals surface area contributed by atoms with Gasteiger partial charge in [-0.3, -0.25) is 14.9 Å². The van der Waals surface area contributed by atoms with Gasteiger partial charge in [0.1, 0.15) is 0 Å². The largest absolute Gasteiger partial charge is 0.325 e. The molecular weight excluding hydrogens is 222 g/mol. The molecule has 17 heavy (non-hydrogen) atoms. The number of aryl methyl sites for hydroxylation is 1. The second-order valence-electron chi connectivity index (χ2n) is 4.10. The maximum atomic E-state index is 11.7. The number of amides is 1. The van der Waals surface area contributed by atoms with Crippen LogP contribution in [0.2, 0.25) is 0 Å². The molecule has 0 bridgehead atoms. The monoisotopic (exact) mass is 235 g/mol. The minimum absolute atomic E-state index is 0.0161. The summed E-state index contributed by atoms with van der Waals surface area (Å²) >= 11 is 0. The van der Waals surface area contributed by atoms with E-state index in [-0.39, 0.29) is 17.5 Å². The number of nitrogens with zero attached hydrogens (tertiary/aromatic N) is 1. The van der Waals surface area contributed by atoms with E-state index >= 15 is 0 Å². The van der Waals surface area contributed by atoms with Crippen LogP contribution in [0.1, 0.15) is 5.56 Å². The van der Waals surface area contributed by atoms with Gasteiger partial charge in [0, 0.05) is 25.2 Å². The van der Waals surface area contributed by atoms with Gasteiger partial charge in [-0.2, -0.15) is 0 Å². The first-order chi connectivity index (χ1) is 8.08. The predicted octanol–water partition coefficient (Wildman–Crippen LogP) is 1.06. The van der Waals surface area contributed by atoms with Gasteiger partial charge in [0.25, 0.3) is 5.69 Å². The van der Waals surface area contributed by atoms with Gasteiger partial charge in [-0.1, -0.05) is 6.07 Å². The number of nitrogens with one attached hydrogen (secondary N) is 2. The van der Waals surface area contributed by atoms with Gasteiger partial charge in [0.2, 0.25) is 5.91 Å². The van der Waals surface area contributed by atoms with Crippen LogP contribution >= 0.6 is 0 Å². The molecule has 1 saturated heterocycles. The SMILES string of the molecule is Cc1ccc([N+](=O)[O-])cc1NC(=O)C1CNC1. The molecule has 0 spiro atoms. The normalized spacial score (nSPS) is 15.1. The number of rotatable bonds is 3. The van der Waals surface area contributed by atoms with E-state index in [1.54, 1.807) is 13.0 Å². The molecule has 0 unspecified atom stereocenters. The van der Waals surface area contributed by atoms with E-state index < -0.39 is 4.92 Å². The Morgan fingerprint density at radius 2 is 2.24 bits per heavy atom. The van der Waals surface area contributed by atoms with Crippen LogP contribution in [0, 0.1) is 23.0 Å². The number of nitro benzene ring substituents is 1. The zero-order chi connectivity index (χ0) is 12.4. The number of nitro groups is 1. The molecule has 2 N–H and O–H groups in total. The molecule has 6 heteroatoms. The molecule has 1 fully saturated rings. The van der Waals surface area contributed by atoms with Crippen molar-refractivity contribution >= 4 is 17.3 Å². The number of carbonyl (C=O) groups is 1. The van der Waals surface area contributed by atoms with Crippen molar-refractivity contribution in [1.82, 2.24) is 5.32 Å². The summed E-state index contributed by atoms with van der Waals surface area (Å²) < 4.78 is 0. The van der Waals surface area contributed by atoms with Crippen LogP contribution in [-0.4, -0.2) is 23.9 Å². The maximum absolute atomic E-state index is 11.7. The second kappa shape index (κ2) is 4.50. The first kappa shape index (κ1) is 11.5. The third-order valence-electron chi connectivity index (χ3n) is 2.84. The summed E-state index contributed by atoms with van der Waals surface area (Å²) in [6.45, 7) is 3.14. The lowest BCUT2D eigenvalue weighted by molar-refractivity contribution is -0.384. The van der Waals surface area contributed by atoms with E-state index in [0.717, 1.165) is 5.56 Å². The molecule has 90 valence electrons. The van der Waals surface area contributed by atoms with Crippen molar-refractivity contribution < 1.29 is 9.72 Å². The lowest BCUT2D eigenvalue weighted by atomic mass is 10.0. The Kier molecular flexibility index (Phi) is 3.06. The highest BCUT2D eigenvalue weighted by molar-refractivity contribution is 5.94. The van der Waals surface area contributed by atoms with Crippen LogP contribution in [-0.2, 0) is 4.79 Å². The lowest BCUT2D eigenvalue weighted by Gasteiger charge is -2.26. The van der Waals surface area contributed by atoms with Crippen molar-refractivity contribution in [3.8, 4) is 0 Å². The Morgan fingerprint density at radius 1 is 1.53 bits per heavy atom. The molecule has 1 aromatic carbocycles. The van der Waals surface area contributed by atoms with Crippen molar-refractivity contribution in [3.63, 3.8) is 0 Å². The molecule has 1 aliphatic rings. The fourth-order valence-electron chi connectivity index (χ4n) is 1.57. The first-order valence-electron chi connectivity index (χ1n) is 5.34. The number of carbonyl (C=O) groups excluding carboxylic acids is 1. The number of non-ortho nitro benzene ring substituents is 1. The smallest absolute Gasteiger partial charge is 0.271 e. The summed E-state index contributed by atoms with van der Waals surface area (Å²) in [5.41, 5.74) is 1.31. The van der Waals surface area contributed by atoms with Crippen LogP contribution in [0.15, 0.2) is 18.2 Å². The summed E-state index contributed by atoms with van der Waals surface area (Å²) in [6, 6.07) is 4.45. The van der Waals surface area contributed by atoms with Crippen LogP contribution in [0.4, 0.5) is 11.4 Å². The highest BCUT2D eigenvalue weighted by Gasteiger charge is 2.25. The number of hydrogen-bond donors (Lipinski definition) is 2. The highest BCUT2D eigenvalue weighted by atomic mass is 16.6. The van der Waals surface area contributed by atoms with Crippen LogP contribution < -0.4 is 10.6 Å². The highest BCUT2D eigenvalue weighted by Crippen LogP contribution is 2.22. The Balaban J connectivity index is 2.16. The minimum atomic E-state index is -0.472. The first-order valence-corrected chi connectivity index (χ1v) is 5.34. The molecule has 6 nitrogen and oxygen atoms in total. The molecule has 1 aromatic rings. The van der Waals surface area contributed by atoms with Crippen molar-refractivity contribution in [2.75, 3.05) is 18.4 Å². The quantitative estimate of drug-likeness (QED) is 0.606. The molecule has 1 heterocycles. The molecule has 1 amide bonds. The van der Waals surface area contributed by atoms with E-state index in [1.165, 1.54) is 12.1 Å². The summed E-state index contributed by atoms with van der Waals surface area (Å²) in [5.74, 6) is -0.124. The van der Waals surface area contributed by atoms with E-state index in [2.05, 4.69) is 10.6 Å². The standard InChI is InChI=1S/C11H13N3O3/c1-7-2-3-9(14(16)17)4-10(7)13-11(15)8-5-12-6-8/h2-4,8,12H,5-6H2,1H3,(H,13,15). The van der Waals surface area contributed by atoms with Gasteiger partial charge in [-0.25, -0.2) is 0 Å². The number of hydrogen-bond acceptors (Lipinski definition) is 4. The third kappa shape index (κ3) is 2.42. The Morgan fingerprint density at radius 3 is 2.76 bits per heavy atom. The van der Waals surface area contributed by atoms with Gasteiger partial charge in [-0.05, 0) is 12.5 Å². The summed E-state index contributed by atoms with van der Waals surface area (Å²) in [5, 5.41) is 16.4. The predicted molar refractivity (Wildman–Crippen MR) is 62.8 cm³/mol. The van der Waals surface area contributed by atoms with E-state index in [0.29, 0.717) is 18.8 Å². The molecule has 0 aliphatic carbocycles. The van der Waals surface area contributed by atoms with Gasteiger partial charge in [0.15, 0.2) is 0 Å². The fourth-order valence-corrected chi connectivity index (χ4v) is 1.57. The lowest BCUT2D eigenvalue weighted by Crippen LogP contribution is -2.48. The summed E-state index contributed by atoms with van der Waals surface area (Å²) in [6.07, 6.45) is 0. The summed E-state index contributed by atoms with van der Waals surface area (Å²) in [7, 11) is 0. The van der Waals surface area contributed by atoms with Gasteiger partial charge < -0.3 is 10.6 Å². The summed E-state index contributed by atoms with van der Waals surface area (Å²) in [4.78, 5) is 21.9. The zero-order valence-electron chi connectivity index (χ0n) is 9.40. The number of anilines is 1. The van der Waals surface area contributed by atoms with E-state index in [4.69, 9.17) is 0 Å². The number of benzene rings is 1. The van der Waals surface area contributed by atoms with Crippen LogP contribution in [0.25, 0.3) is 0 Å². The van der Waals surface area contributed by atoms with Gasteiger partial charge in [-0.15, -0.1) is 0 Å². The average molecular weight is 235 g/mol. The topological polar surface area (TPSA) is 84.3 Å². The maximum Gasteiger partial charge on any atom is 0.271 e. The molecule has 0 saturated carbocycles. The molecule has 0 atom stereocenters. The molecular formula is C11H13N3O3. The Bertz CT molecular complexity index is 469. The van der Waals surface area contributed by atoms with Crippen molar-refractivity contribution in [1.29, 1.82) is 0 Å². The fraction of sp³-hybridized carbons (Fsp3) is 0.364. The van der Waals surface area contributed by atoms with Crippen LogP contribution in [0.5, 0.6) is 0 Å². The Hall–Kier alpha value is -1.95. The van der Waals surface area contributed by atoms with E-state index in [1.807, 2.05) is 0 Å².